The standard InChI is InChI=1S/C17H21N5O2/c1-13-3-5-15(6-4-13)22-10-14(9-16(22)23)17(24)19-7-2-8-21-12-18-11-20-21/h3-6,11-12,14H,2,7-10H2,1H3,(H,19,24)/t14-/m0/s1. The first kappa shape index (κ1) is 16.2. The quantitative estimate of drug-likeness (QED) is 0.807. The molecule has 0 saturated carbocycles. The topological polar surface area (TPSA) is 80.1 Å². The third kappa shape index (κ3) is 3.79. The molecule has 3 rings (SSSR count). The van der Waals surface area contributed by atoms with Crippen molar-refractivity contribution >= 4 is 17.5 Å². The van der Waals surface area contributed by atoms with Crippen molar-refractivity contribution in [2.24, 2.45) is 5.92 Å². The number of benzene rings is 1. The zero-order valence-electron chi connectivity index (χ0n) is 13.7. The van der Waals surface area contributed by atoms with E-state index in [0.29, 0.717) is 19.6 Å². The summed E-state index contributed by atoms with van der Waals surface area (Å²) in [7, 11) is 0. The molecule has 1 atom stereocenters. The van der Waals surface area contributed by atoms with Crippen molar-refractivity contribution in [3.8, 4) is 0 Å². The van der Waals surface area contributed by atoms with Gasteiger partial charge in [-0.25, -0.2) is 4.98 Å². The van der Waals surface area contributed by atoms with Gasteiger partial charge in [-0.1, -0.05) is 17.7 Å². The predicted octanol–water partition coefficient (Wildman–Crippen LogP) is 1.15. The molecule has 0 aliphatic carbocycles. The van der Waals surface area contributed by atoms with E-state index in [1.54, 1.807) is 15.9 Å². The first-order valence-electron chi connectivity index (χ1n) is 8.10. The molecule has 0 unspecified atom stereocenters. The SMILES string of the molecule is Cc1ccc(N2C[C@@H](C(=O)NCCCn3cncn3)CC2=O)cc1. The Morgan fingerprint density at radius 1 is 1.33 bits per heavy atom. The van der Waals surface area contributed by atoms with Crippen molar-refractivity contribution in [1.82, 2.24) is 20.1 Å². The first-order valence-corrected chi connectivity index (χ1v) is 8.10. The van der Waals surface area contributed by atoms with Gasteiger partial charge in [-0.05, 0) is 25.5 Å². The molecule has 1 fully saturated rings. The van der Waals surface area contributed by atoms with Crippen LogP contribution in [-0.4, -0.2) is 39.7 Å². The van der Waals surface area contributed by atoms with Crippen LogP contribution in [0.25, 0.3) is 0 Å². The highest BCUT2D eigenvalue weighted by atomic mass is 16.2. The summed E-state index contributed by atoms with van der Waals surface area (Å²) in [5.41, 5.74) is 2.00. The summed E-state index contributed by atoms with van der Waals surface area (Å²) < 4.78 is 1.73. The van der Waals surface area contributed by atoms with Crippen LogP contribution in [0.5, 0.6) is 0 Å². The Bertz CT molecular complexity index is 696. The second-order valence-electron chi connectivity index (χ2n) is 6.04. The highest BCUT2D eigenvalue weighted by molar-refractivity contribution is 6.00. The van der Waals surface area contributed by atoms with Crippen molar-refractivity contribution in [2.75, 3.05) is 18.0 Å². The van der Waals surface area contributed by atoms with Crippen LogP contribution < -0.4 is 10.2 Å². The van der Waals surface area contributed by atoms with Gasteiger partial charge in [-0.15, -0.1) is 0 Å². The van der Waals surface area contributed by atoms with Gasteiger partial charge >= 0.3 is 0 Å². The summed E-state index contributed by atoms with van der Waals surface area (Å²) in [5, 5.41) is 6.92. The minimum absolute atomic E-state index is 0.00150. The monoisotopic (exact) mass is 327 g/mol. The van der Waals surface area contributed by atoms with E-state index in [1.807, 2.05) is 31.2 Å². The van der Waals surface area contributed by atoms with Crippen LogP contribution in [0.3, 0.4) is 0 Å². The Morgan fingerprint density at radius 3 is 2.83 bits per heavy atom. The van der Waals surface area contributed by atoms with Gasteiger partial charge in [0.15, 0.2) is 0 Å². The van der Waals surface area contributed by atoms with Crippen molar-refractivity contribution < 1.29 is 9.59 Å². The van der Waals surface area contributed by atoms with Crippen LogP contribution in [-0.2, 0) is 16.1 Å². The molecule has 2 heterocycles. The molecule has 7 heteroatoms. The van der Waals surface area contributed by atoms with Crippen molar-refractivity contribution in [1.29, 1.82) is 0 Å². The maximum atomic E-state index is 12.3. The Hall–Kier alpha value is -2.70. The second kappa shape index (κ2) is 7.25. The van der Waals surface area contributed by atoms with Gasteiger partial charge in [0.05, 0.1) is 5.92 Å². The Morgan fingerprint density at radius 2 is 2.12 bits per heavy atom. The van der Waals surface area contributed by atoms with Gasteiger partial charge in [-0.3, -0.25) is 14.3 Å². The van der Waals surface area contributed by atoms with E-state index in [4.69, 9.17) is 0 Å². The summed E-state index contributed by atoms with van der Waals surface area (Å²) in [6, 6.07) is 7.79. The number of nitrogens with zero attached hydrogens (tertiary/aromatic N) is 4. The van der Waals surface area contributed by atoms with E-state index in [0.717, 1.165) is 17.7 Å². The molecule has 1 aromatic heterocycles. The average Bonchev–Trinajstić information content (AvgIpc) is 3.22. The molecule has 2 amide bonds. The molecule has 1 aliphatic rings. The number of hydrogen-bond acceptors (Lipinski definition) is 4. The normalized spacial score (nSPS) is 17.3. The highest BCUT2D eigenvalue weighted by Crippen LogP contribution is 2.25. The molecule has 2 aromatic rings. The molecule has 0 radical (unpaired) electrons. The largest absolute Gasteiger partial charge is 0.356 e. The van der Waals surface area contributed by atoms with Gasteiger partial charge in [0.2, 0.25) is 11.8 Å². The molecule has 126 valence electrons. The maximum absolute atomic E-state index is 12.3. The summed E-state index contributed by atoms with van der Waals surface area (Å²) in [6.07, 6.45) is 4.18. The molecule has 0 bridgehead atoms. The van der Waals surface area contributed by atoms with Crippen molar-refractivity contribution in [3.63, 3.8) is 0 Å². The fourth-order valence-electron chi connectivity index (χ4n) is 2.80. The molecular formula is C17H21N5O2. The van der Waals surface area contributed by atoms with Gasteiger partial charge < -0.3 is 10.2 Å². The summed E-state index contributed by atoms with van der Waals surface area (Å²) in [4.78, 5) is 30.0. The lowest BCUT2D eigenvalue weighted by atomic mass is 10.1. The zero-order chi connectivity index (χ0) is 16.9. The fourth-order valence-corrected chi connectivity index (χ4v) is 2.80. The number of carbonyl (C=O) groups excluding carboxylic acids is 2. The number of hydrogen-bond donors (Lipinski definition) is 1. The van der Waals surface area contributed by atoms with Crippen LogP contribution in [0.2, 0.25) is 0 Å². The Balaban J connectivity index is 1.47. The third-order valence-electron chi connectivity index (χ3n) is 4.17. The third-order valence-corrected chi connectivity index (χ3v) is 4.17. The van der Waals surface area contributed by atoms with Crippen molar-refractivity contribution in [3.05, 3.63) is 42.5 Å². The van der Waals surface area contributed by atoms with E-state index in [1.165, 1.54) is 6.33 Å². The number of anilines is 1. The maximum Gasteiger partial charge on any atom is 0.227 e. The lowest BCUT2D eigenvalue weighted by Gasteiger charge is -2.17. The van der Waals surface area contributed by atoms with Crippen LogP contribution in [0.15, 0.2) is 36.9 Å². The van der Waals surface area contributed by atoms with Gasteiger partial charge in [-0.2, -0.15) is 5.10 Å². The van der Waals surface area contributed by atoms with Crippen LogP contribution in [0.4, 0.5) is 5.69 Å². The Labute approximate surface area is 140 Å². The zero-order valence-corrected chi connectivity index (χ0v) is 13.7. The van der Waals surface area contributed by atoms with Crippen molar-refractivity contribution in [2.45, 2.75) is 26.3 Å². The summed E-state index contributed by atoms with van der Waals surface area (Å²) in [5.74, 6) is -0.344. The lowest BCUT2D eigenvalue weighted by molar-refractivity contribution is -0.126. The molecule has 24 heavy (non-hydrogen) atoms. The van der Waals surface area contributed by atoms with Gasteiger partial charge in [0, 0.05) is 31.7 Å². The molecule has 7 nitrogen and oxygen atoms in total. The number of aromatic nitrogens is 3. The number of rotatable bonds is 6. The number of amides is 2. The molecule has 1 N–H and O–H groups in total. The number of carbonyl (C=O) groups is 2. The second-order valence-corrected chi connectivity index (χ2v) is 6.04. The predicted molar refractivity (Wildman–Crippen MR) is 89.3 cm³/mol. The van der Waals surface area contributed by atoms with Crippen LogP contribution in [0, 0.1) is 12.8 Å². The lowest BCUT2D eigenvalue weighted by Crippen LogP contribution is -2.33. The van der Waals surface area contributed by atoms with Gasteiger partial charge in [0.1, 0.15) is 12.7 Å². The van der Waals surface area contributed by atoms with E-state index in [-0.39, 0.29) is 24.2 Å². The fraction of sp³-hybridized carbons (Fsp3) is 0.412. The van der Waals surface area contributed by atoms with Crippen LogP contribution >= 0.6 is 0 Å². The van der Waals surface area contributed by atoms with Crippen LogP contribution in [0.1, 0.15) is 18.4 Å². The smallest absolute Gasteiger partial charge is 0.227 e. The summed E-state index contributed by atoms with van der Waals surface area (Å²) >= 11 is 0. The minimum Gasteiger partial charge on any atom is -0.356 e. The molecular weight excluding hydrogens is 306 g/mol. The first-order chi connectivity index (χ1) is 11.6. The average molecular weight is 327 g/mol. The molecule has 1 saturated heterocycles. The Kier molecular flexibility index (Phi) is 4.88. The van der Waals surface area contributed by atoms with E-state index in [2.05, 4.69) is 15.4 Å². The number of aryl methyl sites for hydroxylation is 2. The highest BCUT2D eigenvalue weighted by Gasteiger charge is 2.34. The molecule has 0 spiro atoms. The summed E-state index contributed by atoms with van der Waals surface area (Å²) in [6.45, 7) is 3.72. The molecule has 1 aliphatic heterocycles. The van der Waals surface area contributed by atoms with Gasteiger partial charge in [0.25, 0.3) is 0 Å². The van der Waals surface area contributed by atoms with E-state index < -0.39 is 0 Å². The molecule has 1 aromatic carbocycles. The van der Waals surface area contributed by atoms with E-state index >= 15 is 0 Å². The number of nitrogens with one attached hydrogen (secondary N) is 1. The minimum atomic E-state index is -0.287. The van der Waals surface area contributed by atoms with E-state index in [9.17, 15) is 9.59 Å².